The van der Waals surface area contributed by atoms with Gasteiger partial charge in [0, 0.05) is 24.5 Å². The molecule has 0 radical (unpaired) electrons. The second-order valence-corrected chi connectivity index (χ2v) is 4.54. The number of benzene rings is 1. The van der Waals surface area contributed by atoms with Crippen LogP contribution in [0.1, 0.15) is 25.0 Å². The molecule has 5 heteroatoms. The Kier molecular flexibility index (Phi) is 7.12. The molecule has 0 aromatic heterocycles. The lowest BCUT2D eigenvalue weighted by atomic mass is 10.1. The van der Waals surface area contributed by atoms with Gasteiger partial charge in [-0.2, -0.15) is 0 Å². The molecule has 0 spiro atoms. The van der Waals surface area contributed by atoms with Crippen molar-refractivity contribution in [1.29, 1.82) is 0 Å². The Morgan fingerprint density at radius 3 is 1.94 bits per heavy atom. The van der Waals surface area contributed by atoms with Gasteiger partial charge in [-0.05, 0) is 63.2 Å². The Morgan fingerprint density at radius 1 is 1.11 bits per heavy atom. The third kappa shape index (κ3) is 5.23. The molecule has 4 nitrogen and oxygen atoms in total. The molecule has 0 saturated carbocycles. The molecular formula is C13H24N4S. The lowest BCUT2D eigenvalue weighted by Gasteiger charge is -2.24. The number of hydrogen-bond acceptors (Lipinski definition) is 3. The summed E-state index contributed by atoms with van der Waals surface area (Å²) in [4.78, 5) is 2.35. The minimum absolute atomic E-state index is 0.000000000000000222. The van der Waals surface area contributed by atoms with Gasteiger partial charge in [-0.1, -0.05) is 0 Å². The molecule has 0 atom stereocenters. The highest BCUT2D eigenvalue weighted by Crippen LogP contribution is 2.25. The van der Waals surface area contributed by atoms with Crippen molar-refractivity contribution in [2.75, 3.05) is 23.7 Å². The third-order valence-electron chi connectivity index (χ3n) is 2.69. The standard InChI is InChI=1S/C12H20N2.CH4N2S/c1-5-14(6-2)12-8-9(3)11(13)7-10(12)4;2-1(3)4/h7-8H,5-6,13H2,1-4H3;(H4,2,3,4). The fourth-order valence-corrected chi connectivity index (χ4v) is 1.73. The van der Waals surface area contributed by atoms with Crippen molar-refractivity contribution in [3.8, 4) is 0 Å². The van der Waals surface area contributed by atoms with Crippen molar-refractivity contribution >= 4 is 28.7 Å². The molecule has 0 aliphatic heterocycles. The third-order valence-corrected chi connectivity index (χ3v) is 2.69. The van der Waals surface area contributed by atoms with Crippen molar-refractivity contribution in [3.05, 3.63) is 23.3 Å². The zero-order chi connectivity index (χ0) is 14.3. The number of nitrogens with zero attached hydrogens (tertiary/aromatic N) is 1. The van der Waals surface area contributed by atoms with Crippen LogP contribution < -0.4 is 22.1 Å². The fourth-order valence-electron chi connectivity index (χ4n) is 1.73. The van der Waals surface area contributed by atoms with Crippen LogP contribution in [0, 0.1) is 13.8 Å². The highest BCUT2D eigenvalue weighted by atomic mass is 32.1. The molecule has 0 fully saturated rings. The van der Waals surface area contributed by atoms with E-state index in [2.05, 4.69) is 68.4 Å². The Morgan fingerprint density at radius 2 is 1.56 bits per heavy atom. The molecule has 6 N–H and O–H groups in total. The van der Waals surface area contributed by atoms with E-state index in [0.29, 0.717) is 0 Å². The molecule has 18 heavy (non-hydrogen) atoms. The molecule has 0 aliphatic rings. The number of aryl methyl sites for hydroxylation is 2. The van der Waals surface area contributed by atoms with Gasteiger partial charge in [0.15, 0.2) is 5.11 Å². The molecule has 0 unspecified atom stereocenters. The number of rotatable bonds is 3. The monoisotopic (exact) mass is 268 g/mol. The van der Waals surface area contributed by atoms with E-state index in [1.807, 2.05) is 0 Å². The van der Waals surface area contributed by atoms with E-state index < -0.39 is 0 Å². The number of anilines is 2. The predicted octanol–water partition coefficient (Wildman–Crippen LogP) is 1.92. The van der Waals surface area contributed by atoms with Crippen LogP contribution >= 0.6 is 12.2 Å². The van der Waals surface area contributed by atoms with Crippen molar-refractivity contribution < 1.29 is 0 Å². The number of nitrogen functional groups attached to an aromatic ring is 1. The van der Waals surface area contributed by atoms with Crippen LogP contribution in [0.5, 0.6) is 0 Å². The van der Waals surface area contributed by atoms with E-state index in [0.717, 1.165) is 24.3 Å². The normalized spacial score (nSPS) is 9.33. The predicted molar refractivity (Wildman–Crippen MR) is 84.9 cm³/mol. The summed E-state index contributed by atoms with van der Waals surface area (Å²) >= 11 is 4.09. The molecule has 102 valence electrons. The summed E-state index contributed by atoms with van der Waals surface area (Å²) < 4.78 is 0. The Hall–Kier alpha value is -1.49. The molecule has 0 bridgehead atoms. The summed E-state index contributed by atoms with van der Waals surface area (Å²) in [5, 5.41) is 0.000000000000000222. The molecular weight excluding hydrogens is 244 g/mol. The highest BCUT2D eigenvalue weighted by Gasteiger charge is 2.07. The van der Waals surface area contributed by atoms with Gasteiger partial charge in [-0.25, -0.2) is 0 Å². The van der Waals surface area contributed by atoms with E-state index in [-0.39, 0.29) is 5.11 Å². The average Bonchev–Trinajstić information content (AvgIpc) is 2.26. The van der Waals surface area contributed by atoms with E-state index in [9.17, 15) is 0 Å². The van der Waals surface area contributed by atoms with E-state index in [1.54, 1.807) is 0 Å². The molecule has 0 aliphatic carbocycles. The van der Waals surface area contributed by atoms with Gasteiger partial charge in [-0.3, -0.25) is 0 Å². The minimum Gasteiger partial charge on any atom is -0.399 e. The number of nitrogens with two attached hydrogens (primary N) is 3. The molecule has 1 aromatic rings. The van der Waals surface area contributed by atoms with Gasteiger partial charge >= 0.3 is 0 Å². The molecule has 0 amide bonds. The smallest absolute Gasteiger partial charge is 0.160 e. The zero-order valence-electron chi connectivity index (χ0n) is 11.7. The Balaban J connectivity index is 0.000000631. The van der Waals surface area contributed by atoms with Gasteiger partial charge in [0.25, 0.3) is 0 Å². The molecule has 1 aromatic carbocycles. The van der Waals surface area contributed by atoms with Crippen LogP contribution in [0.3, 0.4) is 0 Å². The lowest BCUT2D eigenvalue weighted by Crippen LogP contribution is -2.22. The second kappa shape index (κ2) is 7.76. The van der Waals surface area contributed by atoms with Gasteiger partial charge in [0.2, 0.25) is 0 Å². The first kappa shape index (κ1) is 16.5. The average molecular weight is 268 g/mol. The maximum Gasteiger partial charge on any atom is 0.160 e. The largest absolute Gasteiger partial charge is 0.399 e. The van der Waals surface area contributed by atoms with Crippen molar-refractivity contribution in [2.24, 2.45) is 11.5 Å². The van der Waals surface area contributed by atoms with Crippen molar-refractivity contribution in [2.45, 2.75) is 27.7 Å². The number of thiocarbonyl (C=S) groups is 1. The van der Waals surface area contributed by atoms with E-state index in [4.69, 9.17) is 5.73 Å². The van der Waals surface area contributed by atoms with Crippen LogP contribution in [0.15, 0.2) is 12.1 Å². The van der Waals surface area contributed by atoms with Crippen LogP contribution in [-0.2, 0) is 0 Å². The maximum atomic E-state index is 5.85. The van der Waals surface area contributed by atoms with Crippen molar-refractivity contribution in [3.63, 3.8) is 0 Å². The van der Waals surface area contributed by atoms with Crippen molar-refractivity contribution in [1.82, 2.24) is 0 Å². The van der Waals surface area contributed by atoms with E-state index in [1.165, 1.54) is 11.3 Å². The van der Waals surface area contributed by atoms with Crippen LogP contribution in [-0.4, -0.2) is 18.2 Å². The van der Waals surface area contributed by atoms with Crippen LogP contribution in [0.25, 0.3) is 0 Å². The van der Waals surface area contributed by atoms with Gasteiger partial charge in [0.05, 0.1) is 0 Å². The van der Waals surface area contributed by atoms with Crippen LogP contribution in [0.4, 0.5) is 11.4 Å². The summed E-state index contributed by atoms with van der Waals surface area (Å²) in [5.41, 5.74) is 19.7. The zero-order valence-corrected chi connectivity index (χ0v) is 12.5. The first-order valence-corrected chi connectivity index (χ1v) is 6.40. The minimum atomic E-state index is 0.000000000000000222. The maximum absolute atomic E-state index is 5.85. The first-order chi connectivity index (χ1) is 8.33. The van der Waals surface area contributed by atoms with Gasteiger partial charge in [0.1, 0.15) is 0 Å². The van der Waals surface area contributed by atoms with E-state index >= 15 is 0 Å². The fraction of sp³-hybridized carbons (Fsp3) is 0.462. The summed E-state index contributed by atoms with van der Waals surface area (Å²) in [5.74, 6) is 0. The number of hydrogen-bond donors (Lipinski definition) is 3. The van der Waals surface area contributed by atoms with Gasteiger partial charge in [-0.15, -0.1) is 0 Å². The lowest BCUT2D eigenvalue weighted by molar-refractivity contribution is 0.861. The highest BCUT2D eigenvalue weighted by molar-refractivity contribution is 7.80. The van der Waals surface area contributed by atoms with Gasteiger partial charge < -0.3 is 22.1 Å². The molecule has 0 heterocycles. The second-order valence-electron chi connectivity index (χ2n) is 4.07. The summed E-state index contributed by atoms with van der Waals surface area (Å²) in [7, 11) is 0. The molecule has 0 saturated heterocycles. The Labute approximate surface area is 115 Å². The quantitative estimate of drug-likeness (QED) is 0.576. The topological polar surface area (TPSA) is 81.3 Å². The summed E-state index contributed by atoms with van der Waals surface area (Å²) in [6.45, 7) is 10.6. The SMILES string of the molecule is CCN(CC)c1cc(C)c(N)cc1C.NC(N)=S. The summed E-state index contributed by atoms with van der Waals surface area (Å²) in [6.07, 6.45) is 0. The van der Waals surface area contributed by atoms with Crippen LogP contribution in [0.2, 0.25) is 0 Å². The summed E-state index contributed by atoms with van der Waals surface area (Å²) in [6, 6.07) is 4.24. The molecule has 1 rings (SSSR count). The Bertz CT molecular complexity index is 396. The first-order valence-electron chi connectivity index (χ1n) is 6.00.